The van der Waals surface area contributed by atoms with Crippen molar-refractivity contribution in [3.8, 4) is 0 Å². The molecule has 0 spiro atoms. The van der Waals surface area contributed by atoms with Crippen LogP contribution in [0.5, 0.6) is 0 Å². The number of aliphatic hydroxyl groups is 3. The normalized spacial score (nSPS) is 15.0. The van der Waals surface area contributed by atoms with Gasteiger partial charge in [-0.1, -0.05) is 74.8 Å². The average molecular weight is 391 g/mol. The number of hydrogen-bond acceptors (Lipinski definition) is 5. The van der Waals surface area contributed by atoms with E-state index < -0.39 is 18.3 Å². The predicted molar refractivity (Wildman–Crippen MR) is 113 cm³/mol. The average Bonchev–Trinajstić information content (AvgIpc) is 2.70. The van der Waals surface area contributed by atoms with Gasteiger partial charge in [-0.3, -0.25) is 4.79 Å². The lowest BCUT2D eigenvalue weighted by Crippen LogP contribution is -2.23. The van der Waals surface area contributed by atoms with Crippen LogP contribution in [0.25, 0.3) is 12.2 Å². The van der Waals surface area contributed by atoms with Crippen molar-refractivity contribution in [1.29, 1.82) is 0 Å². The molecule has 156 valence electrons. The molecule has 0 saturated carbocycles. The summed E-state index contributed by atoms with van der Waals surface area (Å²) in [7, 11) is 1.33. The largest absolute Gasteiger partial charge is 0.469 e. The van der Waals surface area contributed by atoms with Gasteiger partial charge in [0.05, 0.1) is 25.4 Å². The van der Waals surface area contributed by atoms with E-state index in [-0.39, 0.29) is 12.4 Å². The fourth-order valence-electron chi connectivity index (χ4n) is 2.79. The minimum atomic E-state index is -1.02. The van der Waals surface area contributed by atoms with Crippen LogP contribution in [0.3, 0.4) is 0 Å². The summed E-state index contributed by atoms with van der Waals surface area (Å²) in [6.07, 6.45) is 9.54. The fourth-order valence-corrected chi connectivity index (χ4v) is 2.79. The molecule has 0 bridgehead atoms. The van der Waals surface area contributed by atoms with E-state index in [0.29, 0.717) is 12.8 Å². The summed E-state index contributed by atoms with van der Waals surface area (Å²) in [5, 5.41) is 30.2. The zero-order valence-corrected chi connectivity index (χ0v) is 17.0. The molecule has 1 aromatic rings. The third-order valence-corrected chi connectivity index (χ3v) is 4.57. The summed E-state index contributed by atoms with van der Waals surface area (Å²) < 4.78 is 4.56. The van der Waals surface area contributed by atoms with Gasteiger partial charge in [0.25, 0.3) is 0 Å². The molecule has 5 nitrogen and oxygen atoms in total. The highest BCUT2D eigenvalue weighted by atomic mass is 16.5. The maximum absolute atomic E-state index is 11.1. The van der Waals surface area contributed by atoms with Gasteiger partial charge in [-0.2, -0.15) is 0 Å². The van der Waals surface area contributed by atoms with Crippen molar-refractivity contribution in [2.24, 2.45) is 0 Å². The minimum Gasteiger partial charge on any atom is -0.469 e. The number of ether oxygens (including phenoxy) is 1. The first-order valence-corrected chi connectivity index (χ1v) is 10.0. The molecule has 3 N–H and O–H groups in total. The first kappa shape index (κ1) is 24.1. The van der Waals surface area contributed by atoms with Crippen molar-refractivity contribution >= 4 is 18.1 Å². The number of esters is 1. The van der Waals surface area contributed by atoms with E-state index in [0.717, 1.165) is 36.8 Å². The zero-order chi connectivity index (χ0) is 20.8. The Balaban J connectivity index is 2.62. The first-order chi connectivity index (χ1) is 13.5. The monoisotopic (exact) mass is 390 g/mol. The Kier molecular flexibility index (Phi) is 12.1. The number of rotatable bonds is 13. The Hall–Kier alpha value is -1.95. The van der Waals surface area contributed by atoms with Gasteiger partial charge in [-0.25, -0.2) is 0 Å². The van der Waals surface area contributed by atoms with Crippen LogP contribution in [0.2, 0.25) is 0 Å². The highest BCUT2D eigenvalue weighted by molar-refractivity contribution is 5.69. The molecule has 1 rings (SSSR count). The minimum absolute atomic E-state index is 0.220. The van der Waals surface area contributed by atoms with E-state index >= 15 is 0 Å². The lowest BCUT2D eigenvalue weighted by molar-refractivity contribution is -0.140. The summed E-state index contributed by atoms with van der Waals surface area (Å²) in [6, 6.07) is 7.66. The maximum Gasteiger partial charge on any atom is 0.305 e. The second-order valence-electron chi connectivity index (χ2n) is 6.94. The van der Waals surface area contributed by atoms with Gasteiger partial charge in [0, 0.05) is 6.42 Å². The highest BCUT2D eigenvalue weighted by Crippen LogP contribution is 2.16. The molecule has 0 amide bonds. The van der Waals surface area contributed by atoms with Crippen LogP contribution >= 0.6 is 0 Å². The standard InChI is InChI=1S/C23H34O5/c1-3-4-5-11-20(24)16-14-18-9-6-7-10-19(18)15-17-22(26)21(25)12-8-13-23(27)28-2/h6-7,9-10,14-17,20-22,24-26H,3-5,8,11-13H2,1-2H3/t20-,21+,22-/m1/s1. The van der Waals surface area contributed by atoms with Crippen molar-refractivity contribution < 1.29 is 24.9 Å². The molecule has 0 heterocycles. The van der Waals surface area contributed by atoms with E-state index in [4.69, 9.17) is 0 Å². The number of hydrogen-bond donors (Lipinski definition) is 3. The predicted octanol–water partition coefficient (Wildman–Crippen LogP) is 3.72. The topological polar surface area (TPSA) is 87.0 Å². The molecule has 0 aliphatic carbocycles. The fraction of sp³-hybridized carbons (Fsp3) is 0.522. The quantitative estimate of drug-likeness (QED) is 0.353. The second kappa shape index (κ2) is 14.1. The summed E-state index contributed by atoms with van der Waals surface area (Å²) >= 11 is 0. The van der Waals surface area contributed by atoms with E-state index in [9.17, 15) is 20.1 Å². The molecule has 0 aliphatic heterocycles. The Morgan fingerprint density at radius 1 is 1.00 bits per heavy atom. The Labute approximate surface area is 168 Å². The summed E-state index contributed by atoms with van der Waals surface area (Å²) in [6.45, 7) is 2.13. The molecule has 3 atom stereocenters. The van der Waals surface area contributed by atoms with E-state index in [2.05, 4.69) is 11.7 Å². The summed E-state index contributed by atoms with van der Waals surface area (Å²) in [5.74, 6) is -0.324. The van der Waals surface area contributed by atoms with E-state index in [1.807, 2.05) is 30.3 Å². The van der Waals surface area contributed by atoms with Gasteiger partial charge in [0.2, 0.25) is 0 Å². The number of carbonyl (C=O) groups excluding carboxylic acids is 1. The number of unbranched alkanes of at least 4 members (excludes halogenated alkanes) is 2. The lowest BCUT2D eigenvalue weighted by atomic mass is 10.0. The molecular formula is C23H34O5. The molecule has 0 saturated heterocycles. The van der Waals surface area contributed by atoms with Gasteiger partial charge in [-0.05, 0) is 30.4 Å². The van der Waals surface area contributed by atoms with Crippen LogP contribution in [0.1, 0.15) is 63.0 Å². The van der Waals surface area contributed by atoms with Crippen molar-refractivity contribution in [2.75, 3.05) is 7.11 Å². The number of methoxy groups -OCH3 is 1. The molecule has 5 heteroatoms. The van der Waals surface area contributed by atoms with Crippen LogP contribution in [-0.4, -0.2) is 46.7 Å². The number of benzene rings is 1. The molecule has 0 radical (unpaired) electrons. The second-order valence-corrected chi connectivity index (χ2v) is 6.94. The van der Waals surface area contributed by atoms with Crippen LogP contribution in [0, 0.1) is 0 Å². The van der Waals surface area contributed by atoms with Crippen molar-refractivity contribution in [1.82, 2.24) is 0 Å². The summed E-state index contributed by atoms with van der Waals surface area (Å²) in [5.41, 5.74) is 1.82. The number of carbonyl (C=O) groups is 1. The number of aliphatic hydroxyl groups excluding tert-OH is 3. The smallest absolute Gasteiger partial charge is 0.305 e. The maximum atomic E-state index is 11.1. The van der Waals surface area contributed by atoms with Crippen LogP contribution in [0.15, 0.2) is 36.4 Å². The molecule has 0 fully saturated rings. The molecule has 28 heavy (non-hydrogen) atoms. The van der Waals surface area contributed by atoms with Gasteiger partial charge in [0.1, 0.15) is 0 Å². The van der Waals surface area contributed by atoms with Gasteiger partial charge in [0.15, 0.2) is 0 Å². The lowest BCUT2D eigenvalue weighted by Gasteiger charge is -2.14. The van der Waals surface area contributed by atoms with E-state index in [1.54, 1.807) is 18.2 Å². The highest BCUT2D eigenvalue weighted by Gasteiger charge is 2.14. The Morgan fingerprint density at radius 2 is 1.64 bits per heavy atom. The SMILES string of the molecule is CCCCC[C@@H](O)C=Cc1ccccc1C=C[C@@H](O)[C@@H](O)CCCC(=O)OC. The molecular weight excluding hydrogens is 356 g/mol. The Morgan fingerprint density at radius 3 is 2.25 bits per heavy atom. The zero-order valence-electron chi connectivity index (χ0n) is 17.0. The third-order valence-electron chi connectivity index (χ3n) is 4.57. The van der Waals surface area contributed by atoms with Crippen molar-refractivity contribution in [3.63, 3.8) is 0 Å². The van der Waals surface area contributed by atoms with Gasteiger partial charge < -0.3 is 20.1 Å². The van der Waals surface area contributed by atoms with Crippen molar-refractivity contribution in [2.45, 2.75) is 70.2 Å². The molecule has 0 aliphatic rings. The molecule has 0 aromatic heterocycles. The van der Waals surface area contributed by atoms with Crippen molar-refractivity contribution in [3.05, 3.63) is 47.5 Å². The van der Waals surface area contributed by atoms with Crippen LogP contribution < -0.4 is 0 Å². The van der Waals surface area contributed by atoms with Gasteiger partial charge >= 0.3 is 5.97 Å². The Bertz CT molecular complexity index is 623. The third kappa shape index (κ3) is 9.83. The van der Waals surface area contributed by atoms with Gasteiger partial charge in [-0.15, -0.1) is 0 Å². The summed E-state index contributed by atoms with van der Waals surface area (Å²) in [4.78, 5) is 11.1. The van der Waals surface area contributed by atoms with Crippen LogP contribution in [0.4, 0.5) is 0 Å². The van der Waals surface area contributed by atoms with E-state index in [1.165, 1.54) is 7.11 Å². The molecule has 0 unspecified atom stereocenters. The molecule has 1 aromatic carbocycles. The first-order valence-electron chi connectivity index (χ1n) is 10.0. The van der Waals surface area contributed by atoms with Crippen LogP contribution in [-0.2, 0) is 9.53 Å².